The quantitative estimate of drug-likeness (QED) is 0.219. The first-order valence-corrected chi connectivity index (χ1v) is 9.40. The van der Waals surface area contributed by atoms with Crippen LogP contribution in [0.4, 0.5) is 0 Å². The second kappa shape index (κ2) is 16.8. The van der Waals surface area contributed by atoms with Gasteiger partial charge in [0.2, 0.25) is 0 Å². The van der Waals surface area contributed by atoms with E-state index in [4.69, 9.17) is 11.5 Å². The van der Waals surface area contributed by atoms with E-state index in [2.05, 4.69) is 6.92 Å². The zero-order valence-corrected chi connectivity index (χ0v) is 18.3. The van der Waals surface area contributed by atoms with Crippen LogP contribution in [-0.2, 0) is 4.79 Å². The number of hydrogen-bond donors (Lipinski definition) is 2. The summed E-state index contributed by atoms with van der Waals surface area (Å²) in [5.41, 5.74) is 11.6. The summed E-state index contributed by atoms with van der Waals surface area (Å²) in [7, 11) is 0. The van der Waals surface area contributed by atoms with Crippen molar-refractivity contribution >= 4 is 5.97 Å². The molecule has 0 aromatic carbocycles. The Labute approximate surface area is 171 Å². The molecule has 4 N–H and O–H groups in total. The summed E-state index contributed by atoms with van der Waals surface area (Å²) in [6.45, 7) is 4.27. The van der Waals surface area contributed by atoms with E-state index >= 15 is 0 Å². The van der Waals surface area contributed by atoms with Crippen LogP contribution >= 0.6 is 0 Å². The van der Waals surface area contributed by atoms with Crippen molar-refractivity contribution in [1.82, 2.24) is 4.90 Å². The van der Waals surface area contributed by atoms with Gasteiger partial charge in [-0.3, -0.25) is 4.90 Å². The molecule has 24 heavy (non-hydrogen) atoms. The van der Waals surface area contributed by atoms with Crippen LogP contribution in [-0.4, -0.2) is 29.7 Å². The second-order valence-electron chi connectivity index (χ2n) is 6.91. The fourth-order valence-corrected chi connectivity index (χ4v) is 2.79. The van der Waals surface area contributed by atoms with E-state index in [0.29, 0.717) is 6.54 Å². The number of hydrogen-bond acceptors (Lipinski definition) is 5. The van der Waals surface area contributed by atoms with Gasteiger partial charge in [-0.15, -0.1) is 0 Å². The SMILES string of the molecule is CCCCCCCCCCCCCCN(CC(=O)[O-])C(C)(N)N.[Na+]. The minimum absolute atomic E-state index is 0. The number of carboxylic acid groups (broad SMARTS) is 1. The number of rotatable bonds is 16. The Morgan fingerprint density at radius 3 is 1.58 bits per heavy atom. The Morgan fingerprint density at radius 2 is 1.25 bits per heavy atom. The van der Waals surface area contributed by atoms with Crippen molar-refractivity contribution < 1.29 is 39.5 Å². The van der Waals surface area contributed by atoms with Crippen LogP contribution in [0.2, 0.25) is 0 Å². The Bertz CT molecular complexity index is 296. The Balaban J connectivity index is 0. The molecule has 0 aromatic heterocycles. The molecule has 0 aromatic rings. The average Bonchev–Trinajstić information content (AvgIpc) is 2.45. The Hall–Kier alpha value is 0.350. The normalized spacial score (nSPS) is 11.5. The second-order valence-corrected chi connectivity index (χ2v) is 6.91. The largest absolute Gasteiger partial charge is 1.00 e. The van der Waals surface area contributed by atoms with Crippen molar-refractivity contribution in [3.63, 3.8) is 0 Å². The molecule has 0 aliphatic rings. The molecule has 0 heterocycles. The summed E-state index contributed by atoms with van der Waals surface area (Å²) >= 11 is 0. The van der Waals surface area contributed by atoms with Gasteiger partial charge < -0.3 is 21.4 Å². The summed E-state index contributed by atoms with van der Waals surface area (Å²) in [5.74, 6) is -2.23. The Kier molecular flexibility index (Phi) is 18.6. The number of carboxylic acids is 1. The number of nitrogens with zero attached hydrogens (tertiary/aromatic N) is 1. The van der Waals surface area contributed by atoms with Gasteiger partial charge in [0, 0.05) is 13.1 Å². The Morgan fingerprint density at radius 1 is 0.875 bits per heavy atom. The van der Waals surface area contributed by atoms with Crippen LogP contribution in [0.15, 0.2) is 0 Å². The molecule has 0 radical (unpaired) electrons. The van der Waals surface area contributed by atoms with Gasteiger partial charge in [0.15, 0.2) is 0 Å². The third-order valence-electron chi connectivity index (χ3n) is 4.28. The fraction of sp³-hybridized carbons (Fsp3) is 0.944. The zero-order chi connectivity index (χ0) is 17.6. The molecule has 0 fully saturated rings. The first kappa shape index (κ1) is 26.6. The zero-order valence-electron chi connectivity index (χ0n) is 16.3. The van der Waals surface area contributed by atoms with Crippen molar-refractivity contribution in [2.75, 3.05) is 13.1 Å². The summed E-state index contributed by atoms with van der Waals surface area (Å²) in [5, 5.41) is 10.7. The molecule has 0 rings (SSSR count). The third-order valence-corrected chi connectivity index (χ3v) is 4.28. The molecule has 0 saturated heterocycles. The van der Waals surface area contributed by atoms with Gasteiger partial charge in [-0.05, 0) is 13.3 Å². The molecule has 0 atom stereocenters. The van der Waals surface area contributed by atoms with Crippen molar-refractivity contribution in [3.05, 3.63) is 0 Å². The smallest absolute Gasteiger partial charge is 0.549 e. The van der Waals surface area contributed by atoms with E-state index in [1.165, 1.54) is 64.2 Å². The summed E-state index contributed by atoms with van der Waals surface area (Å²) < 4.78 is 0. The van der Waals surface area contributed by atoms with Crippen molar-refractivity contribution in [3.8, 4) is 0 Å². The van der Waals surface area contributed by atoms with Crippen LogP contribution in [0.1, 0.15) is 90.9 Å². The molecule has 0 spiro atoms. The maximum absolute atomic E-state index is 10.7. The van der Waals surface area contributed by atoms with Crippen LogP contribution in [0.5, 0.6) is 0 Å². The number of carbonyl (C=O) groups is 1. The first-order chi connectivity index (χ1) is 10.9. The molecule has 6 heteroatoms. The first-order valence-electron chi connectivity index (χ1n) is 9.40. The van der Waals surface area contributed by atoms with Gasteiger partial charge in [0.05, 0.1) is 5.97 Å². The number of carbonyl (C=O) groups excluding carboxylic acids is 1. The number of unbranched alkanes of at least 4 members (excludes halogenated alkanes) is 11. The van der Waals surface area contributed by atoms with Gasteiger partial charge in [-0.25, -0.2) is 0 Å². The topological polar surface area (TPSA) is 95.4 Å². The van der Waals surface area contributed by atoms with Gasteiger partial charge in [0.1, 0.15) is 5.79 Å². The minimum atomic E-state index is -1.13. The van der Waals surface area contributed by atoms with Crippen molar-refractivity contribution in [2.45, 2.75) is 96.7 Å². The number of nitrogens with two attached hydrogens (primary N) is 2. The molecule has 138 valence electrons. The fourth-order valence-electron chi connectivity index (χ4n) is 2.79. The molecule has 0 bridgehead atoms. The molecule has 0 aliphatic carbocycles. The van der Waals surface area contributed by atoms with Crippen LogP contribution in [0.3, 0.4) is 0 Å². The average molecular weight is 352 g/mol. The van der Waals surface area contributed by atoms with E-state index < -0.39 is 11.8 Å². The van der Waals surface area contributed by atoms with Gasteiger partial charge >= 0.3 is 29.6 Å². The number of aliphatic carboxylic acids is 1. The maximum Gasteiger partial charge on any atom is 1.00 e. The monoisotopic (exact) mass is 351 g/mol. The van der Waals surface area contributed by atoms with Crippen LogP contribution < -0.4 is 46.1 Å². The predicted octanol–water partition coefficient (Wildman–Crippen LogP) is -0.665. The summed E-state index contributed by atoms with van der Waals surface area (Å²) in [6.07, 6.45) is 15.3. The van der Waals surface area contributed by atoms with E-state index in [-0.39, 0.29) is 36.1 Å². The van der Waals surface area contributed by atoms with Crippen LogP contribution in [0.25, 0.3) is 0 Å². The van der Waals surface area contributed by atoms with E-state index in [1.807, 2.05) is 0 Å². The molecule has 0 unspecified atom stereocenters. The maximum atomic E-state index is 10.7. The summed E-state index contributed by atoms with van der Waals surface area (Å²) in [6, 6.07) is 0. The molecule has 5 nitrogen and oxygen atoms in total. The standard InChI is InChI=1S/C18H39N3O2.Na/c1-3-4-5-6-7-8-9-10-11-12-13-14-15-21(16-17(22)23)18(2,19)20;/h3-16,19-20H2,1-2H3,(H,22,23);/q;+1/p-1. The minimum Gasteiger partial charge on any atom is -0.549 e. The molecule has 0 saturated carbocycles. The predicted molar refractivity (Wildman–Crippen MR) is 94.4 cm³/mol. The van der Waals surface area contributed by atoms with Gasteiger partial charge in [-0.2, -0.15) is 0 Å². The van der Waals surface area contributed by atoms with Gasteiger partial charge in [-0.1, -0.05) is 77.6 Å². The van der Waals surface area contributed by atoms with E-state index in [9.17, 15) is 9.90 Å². The van der Waals surface area contributed by atoms with E-state index in [0.717, 1.165) is 12.8 Å². The molecule has 0 aliphatic heterocycles. The van der Waals surface area contributed by atoms with E-state index in [1.54, 1.807) is 11.8 Å². The molecular weight excluding hydrogens is 313 g/mol. The molecular formula is C18H38N3NaO2. The van der Waals surface area contributed by atoms with Crippen LogP contribution in [0, 0.1) is 0 Å². The molecule has 0 amide bonds. The van der Waals surface area contributed by atoms with Crippen molar-refractivity contribution in [1.29, 1.82) is 0 Å². The van der Waals surface area contributed by atoms with Gasteiger partial charge in [0.25, 0.3) is 0 Å². The third kappa shape index (κ3) is 17.2. The summed E-state index contributed by atoms with van der Waals surface area (Å²) in [4.78, 5) is 12.3. The van der Waals surface area contributed by atoms with Crippen molar-refractivity contribution in [2.24, 2.45) is 11.5 Å².